The van der Waals surface area contributed by atoms with E-state index in [1.807, 2.05) is 44.2 Å². The van der Waals surface area contributed by atoms with Gasteiger partial charge in [-0.15, -0.1) is 0 Å². The van der Waals surface area contributed by atoms with Crippen LogP contribution < -0.4 is 0 Å². The first-order valence-corrected chi connectivity index (χ1v) is 6.53. The molecular weight excluding hydrogens is 244 g/mol. The molecule has 2 aliphatic rings. The van der Waals surface area contributed by atoms with E-state index in [4.69, 9.17) is 14.2 Å². The fourth-order valence-corrected chi connectivity index (χ4v) is 2.98. The van der Waals surface area contributed by atoms with Crippen molar-refractivity contribution in [3.05, 3.63) is 35.9 Å². The van der Waals surface area contributed by atoms with E-state index in [-0.39, 0.29) is 18.2 Å². The fraction of sp³-hybridized carbons (Fsp3) is 0.533. The Morgan fingerprint density at radius 3 is 2.53 bits per heavy atom. The van der Waals surface area contributed by atoms with E-state index in [1.54, 1.807) is 6.92 Å². The maximum Gasteiger partial charge on any atom is 0.341 e. The first-order valence-electron chi connectivity index (χ1n) is 6.53. The molecule has 0 aliphatic carbocycles. The summed E-state index contributed by atoms with van der Waals surface area (Å²) in [6, 6.07) is 9.88. The van der Waals surface area contributed by atoms with Crippen LogP contribution in [0.2, 0.25) is 0 Å². The first kappa shape index (κ1) is 12.6. The number of ether oxygens (including phenoxy) is 3. The summed E-state index contributed by atoms with van der Waals surface area (Å²) in [5.74, 6) is -0.328. The summed E-state index contributed by atoms with van der Waals surface area (Å²) in [7, 11) is 0. The summed E-state index contributed by atoms with van der Waals surface area (Å²) in [6.45, 7) is 5.99. The standard InChI is InChI=1S/C15H18O4/c1-10-14(2)12(15(3,18-10)13(16)19-14)17-9-11-7-5-4-6-8-11/h4-8,10,12H,9H2,1-3H3/t10-,12+,14-,15+/m1/s1. The van der Waals surface area contributed by atoms with Crippen molar-refractivity contribution in [1.29, 1.82) is 0 Å². The minimum Gasteiger partial charge on any atom is -0.451 e. The highest BCUT2D eigenvalue weighted by molar-refractivity contribution is 5.84. The molecule has 1 aromatic carbocycles. The second kappa shape index (κ2) is 4.05. The molecule has 0 amide bonds. The molecule has 4 heteroatoms. The Bertz CT molecular complexity index is 500. The zero-order chi connectivity index (χ0) is 13.7. The number of benzene rings is 1. The largest absolute Gasteiger partial charge is 0.451 e. The number of esters is 1. The van der Waals surface area contributed by atoms with Gasteiger partial charge in [0.05, 0.1) is 12.7 Å². The smallest absolute Gasteiger partial charge is 0.341 e. The molecule has 19 heavy (non-hydrogen) atoms. The summed E-state index contributed by atoms with van der Waals surface area (Å²) < 4.78 is 17.2. The molecule has 1 aromatic rings. The topological polar surface area (TPSA) is 44.8 Å². The summed E-state index contributed by atoms with van der Waals surface area (Å²) in [5, 5.41) is 0. The minimum atomic E-state index is -0.983. The van der Waals surface area contributed by atoms with E-state index in [9.17, 15) is 4.79 Å². The van der Waals surface area contributed by atoms with Crippen molar-refractivity contribution in [2.75, 3.05) is 0 Å². The number of carbonyl (C=O) groups excluding carboxylic acids is 1. The SMILES string of the molecule is C[C@H]1O[C@]2(C)C(=O)O[C@@]1(C)[C@@H]2OCc1ccccc1. The van der Waals surface area contributed by atoms with Crippen molar-refractivity contribution in [2.45, 2.75) is 50.8 Å². The molecule has 4 nitrogen and oxygen atoms in total. The quantitative estimate of drug-likeness (QED) is 0.782. The Labute approximate surface area is 112 Å². The molecule has 2 aliphatic heterocycles. The van der Waals surface area contributed by atoms with Gasteiger partial charge in [0.2, 0.25) is 0 Å². The average Bonchev–Trinajstić information content (AvgIpc) is 2.68. The molecule has 0 saturated carbocycles. The van der Waals surface area contributed by atoms with Crippen LogP contribution in [-0.4, -0.2) is 29.4 Å². The first-order chi connectivity index (χ1) is 8.97. The third-order valence-electron chi connectivity index (χ3n) is 4.23. The maximum absolute atomic E-state index is 11.9. The predicted molar refractivity (Wildman–Crippen MR) is 68.5 cm³/mol. The van der Waals surface area contributed by atoms with Crippen molar-refractivity contribution in [1.82, 2.24) is 0 Å². The molecule has 102 valence electrons. The van der Waals surface area contributed by atoms with Crippen LogP contribution >= 0.6 is 0 Å². The summed E-state index contributed by atoms with van der Waals surface area (Å²) >= 11 is 0. The lowest BCUT2D eigenvalue weighted by Crippen LogP contribution is -2.43. The predicted octanol–water partition coefficient (Wildman–Crippen LogP) is 2.06. The van der Waals surface area contributed by atoms with Crippen molar-refractivity contribution in [3.63, 3.8) is 0 Å². The second-order valence-electron chi connectivity index (χ2n) is 5.62. The van der Waals surface area contributed by atoms with Crippen molar-refractivity contribution in [2.24, 2.45) is 0 Å². The molecule has 2 bridgehead atoms. The normalized spacial score (nSPS) is 40.5. The Balaban J connectivity index is 1.80. The van der Waals surface area contributed by atoms with Crippen LogP contribution in [0, 0.1) is 0 Å². The number of carbonyl (C=O) groups is 1. The van der Waals surface area contributed by atoms with Gasteiger partial charge in [0.15, 0.2) is 11.2 Å². The van der Waals surface area contributed by atoms with Crippen LogP contribution in [0.3, 0.4) is 0 Å². The van der Waals surface area contributed by atoms with Gasteiger partial charge in [-0.05, 0) is 26.3 Å². The number of hydrogen-bond donors (Lipinski definition) is 0. The Hall–Kier alpha value is -1.39. The van der Waals surface area contributed by atoms with Gasteiger partial charge in [-0.2, -0.15) is 0 Å². The highest BCUT2D eigenvalue weighted by atomic mass is 16.7. The lowest BCUT2D eigenvalue weighted by atomic mass is 9.90. The molecule has 0 unspecified atom stereocenters. The molecule has 0 radical (unpaired) electrons. The van der Waals surface area contributed by atoms with Crippen LogP contribution in [0.5, 0.6) is 0 Å². The maximum atomic E-state index is 11.9. The van der Waals surface area contributed by atoms with Gasteiger partial charge < -0.3 is 14.2 Å². The van der Waals surface area contributed by atoms with Crippen molar-refractivity contribution >= 4 is 5.97 Å². The van der Waals surface area contributed by atoms with Gasteiger partial charge in [-0.25, -0.2) is 4.79 Å². The van der Waals surface area contributed by atoms with E-state index >= 15 is 0 Å². The molecule has 2 heterocycles. The Kier molecular flexibility index (Phi) is 2.69. The molecule has 3 rings (SSSR count). The van der Waals surface area contributed by atoms with E-state index in [0.29, 0.717) is 6.61 Å². The zero-order valence-electron chi connectivity index (χ0n) is 11.4. The molecule has 2 fully saturated rings. The zero-order valence-corrected chi connectivity index (χ0v) is 11.4. The monoisotopic (exact) mass is 262 g/mol. The van der Waals surface area contributed by atoms with E-state index in [1.165, 1.54) is 0 Å². The van der Waals surface area contributed by atoms with Crippen LogP contribution in [0.1, 0.15) is 26.3 Å². The van der Waals surface area contributed by atoms with Crippen LogP contribution in [0.15, 0.2) is 30.3 Å². The summed E-state index contributed by atoms with van der Waals surface area (Å²) in [6.07, 6.45) is -0.529. The van der Waals surface area contributed by atoms with E-state index < -0.39 is 11.2 Å². The molecule has 2 saturated heterocycles. The van der Waals surface area contributed by atoms with Gasteiger partial charge >= 0.3 is 5.97 Å². The van der Waals surface area contributed by atoms with Gasteiger partial charge in [-0.3, -0.25) is 0 Å². The van der Waals surface area contributed by atoms with Gasteiger partial charge in [0, 0.05) is 0 Å². The molecule has 4 atom stereocenters. The molecular formula is C15H18O4. The van der Waals surface area contributed by atoms with Crippen molar-refractivity contribution in [3.8, 4) is 0 Å². The minimum absolute atomic E-state index is 0.157. The summed E-state index contributed by atoms with van der Waals surface area (Å²) in [5.41, 5.74) is -0.607. The molecule has 0 aromatic heterocycles. The third-order valence-corrected chi connectivity index (χ3v) is 4.23. The van der Waals surface area contributed by atoms with Crippen LogP contribution in [-0.2, 0) is 25.6 Å². The fourth-order valence-electron chi connectivity index (χ4n) is 2.98. The number of fused-ring (bicyclic) bond motifs is 2. The van der Waals surface area contributed by atoms with Gasteiger partial charge in [0.1, 0.15) is 6.10 Å². The number of rotatable bonds is 3. The molecule has 0 spiro atoms. The second-order valence-corrected chi connectivity index (χ2v) is 5.62. The third kappa shape index (κ3) is 1.70. The van der Waals surface area contributed by atoms with Gasteiger partial charge in [0.25, 0.3) is 0 Å². The number of hydrogen-bond acceptors (Lipinski definition) is 4. The lowest BCUT2D eigenvalue weighted by molar-refractivity contribution is -0.192. The van der Waals surface area contributed by atoms with E-state index in [0.717, 1.165) is 5.56 Å². The van der Waals surface area contributed by atoms with Crippen molar-refractivity contribution < 1.29 is 19.0 Å². The Morgan fingerprint density at radius 1 is 1.26 bits per heavy atom. The van der Waals surface area contributed by atoms with Crippen LogP contribution in [0.4, 0.5) is 0 Å². The molecule has 0 N–H and O–H groups in total. The highest BCUT2D eigenvalue weighted by Gasteiger charge is 2.71. The average molecular weight is 262 g/mol. The highest BCUT2D eigenvalue weighted by Crippen LogP contribution is 2.49. The Morgan fingerprint density at radius 2 is 1.95 bits per heavy atom. The van der Waals surface area contributed by atoms with E-state index in [2.05, 4.69) is 0 Å². The lowest BCUT2D eigenvalue weighted by Gasteiger charge is -2.29. The summed E-state index contributed by atoms with van der Waals surface area (Å²) in [4.78, 5) is 11.9. The van der Waals surface area contributed by atoms with Gasteiger partial charge in [-0.1, -0.05) is 30.3 Å². The van der Waals surface area contributed by atoms with Crippen LogP contribution in [0.25, 0.3) is 0 Å².